The number of unbranched alkanes of at least 4 members (excludes halogenated alkanes) is 5. The number of ether oxygens (including phenoxy) is 3. The van der Waals surface area contributed by atoms with E-state index < -0.39 is 18.3 Å². The van der Waals surface area contributed by atoms with Crippen LogP contribution in [-0.2, 0) is 16.1 Å². The van der Waals surface area contributed by atoms with Gasteiger partial charge in [-0.05, 0) is 48.4 Å². The molecule has 2 aromatic carbocycles. The second-order valence-electron chi connectivity index (χ2n) is 7.25. The van der Waals surface area contributed by atoms with Crippen molar-refractivity contribution in [2.75, 3.05) is 6.61 Å². The lowest BCUT2D eigenvalue weighted by molar-refractivity contribution is -0.274. The van der Waals surface area contributed by atoms with Crippen molar-refractivity contribution >= 4 is 11.9 Å². The molecule has 0 fully saturated rings. The van der Waals surface area contributed by atoms with Gasteiger partial charge in [-0.1, -0.05) is 51.2 Å². The Hall–Kier alpha value is -3.03. The van der Waals surface area contributed by atoms with Gasteiger partial charge < -0.3 is 14.2 Å². The highest BCUT2D eigenvalue weighted by Crippen LogP contribution is 2.23. The molecular formula is C24H27F3O5. The van der Waals surface area contributed by atoms with E-state index in [0.29, 0.717) is 17.7 Å². The fourth-order valence-electron chi connectivity index (χ4n) is 2.89. The van der Waals surface area contributed by atoms with Crippen LogP contribution in [0.4, 0.5) is 13.2 Å². The second kappa shape index (κ2) is 12.7. The zero-order chi connectivity index (χ0) is 23.4. The molecule has 5 nitrogen and oxygen atoms in total. The van der Waals surface area contributed by atoms with Gasteiger partial charge in [0.25, 0.3) is 0 Å². The zero-order valence-corrected chi connectivity index (χ0v) is 18.0. The van der Waals surface area contributed by atoms with E-state index in [1.54, 1.807) is 0 Å². The van der Waals surface area contributed by atoms with Crippen LogP contribution in [0, 0.1) is 0 Å². The smallest absolute Gasteiger partial charge is 0.462 e. The number of esters is 2. The van der Waals surface area contributed by atoms with Crippen LogP contribution < -0.4 is 4.74 Å². The molecule has 0 N–H and O–H groups in total. The van der Waals surface area contributed by atoms with E-state index in [4.69, 9.17) is 9.47 Å². The van der Waals surface area contributed by atoms with Crippen molar-refractivity contribution < 1.29 is 37.0 Å². The lowest BCUT2D eigenvalue weighted by Crippen LogP contribution is -2.17. The summed E-state index contributed by atoms with van der Waals surface area (Å²) in [5.74, 6) is -1.42. The average Bonchev–Trinajstić information content (AvgIpc) is 2.76. The number of carbonyl (C=O) groups is 2. The van der Waals surface area contributed by atoms with Crippen molar-refractivity contribution in [1.82, 2.24) is 0 Å². The number of benzene rings is 2. The fraction of sp³-hybridized carbons (Fsp3) is 0.417. The molecule has 0 aliphatic rings. The van der Waals surface area contributed by atoms with Gasteiger partial charge in [-0.15, -0.1) is 13.2 Å². The average molecular weight is 452 g/mol. The van der Waals surface area contributed by atoms with E-state index in [9.17, 15) is 22.8 Å². The molecule has 32 heavy (non-hydrogen) atoms. The Morgan fingerprint density at radius 1 is 0.750 bits per heavy atom. The molecule has 2 rings (SSSR count). The highest BCUT2D eigenvalue weighted by atomic mass is 19.4. The van der Waals surface area contributed by atoms with Crippen molar-refractivity contribution in [3.05, 3.63) is 65.2 Å². The summed E-state index contributed by atoms with van der Waals surface area (Å²) in [6.45, 7) is 2.40. The fourth-order valence-corrected chi connectivity index (χ4v) is 2.89. The first-order chi connectivity index (χ1) is 15.3. The van der Waals surface area contributed by atoms with Crippen LogP contribution in [0.2, 0.25) is 0 Å². The summed E-state index contributed by atoms with van der Waals surface area (Å²) in [4.78, 5) is 24.2. The van der Waals surface area contributed by atoms with Crippen molar-refractivity contribution in [2.45, 2.75) is 58.4 Å². The highest BCUT2D eigenvalue weighted by Gasteiger charge is 2.30. The quantitative estimate of drug-likeness (QED) is 0.273. The molecule has 0 aromatic heterocycles. The summed E-state index contributed by atoms with van der Waals surface area (Å²) in [6, 6.07) is 10.9. The number of hydrogen-bond donors (Lipinski definition) is 0. The molecule has 0 saturated heterocycles. The van der Waals surface area contributed by atoms with Gasteiger partial charge in [0.1, 0.15) is 12.4 Å². The van der Waals surface area contributed by atoms with E-state index in [-0.39, 0.29) is 17.9 Å². The van der Waals surface area contributed by atoms with E-state index in [2.05, 4.69) is 11.7 Å². The molecule has 0 spiro atoms. The SMILES string of the molecule is CCCCCCCCOC(=O)c1ccc(C(=O)OCc2ccc(OC(F)(F)F)cc2)cc1. The molecule has 0 atom stereocenters. The maximum Gasteiger partial charge on any atom is 0.573 e. The van der Waals surface area contributed by atoms with Crippen LogP contribution in [0.1, 0.15) is 71.7 Å². The van der Waals surface area contributed by atoms with E-state index in [1.165, 1.54) is 55.7 Å². The molecule has 0 aliphatic carbocycles. The summed E-state index contributed by atoms with van der Waals surface area (Å²) in [5.41, 5.74) is 1.09. The summed E-state index contributed by atoms with van der Waals surface area (Å²) in [6.07, 6.45) is 1.82. The van der Waals surface area contributed by atoms with Gasteiger partial charge in [-0.2, -0.15) is 0 Å². The third kappa shape index (κ3) is 9.41. The lowest BCUT2D eigenvalue weighted by Gasteiger charge is -2.10. The molecule has 0 bridgehead atoms. The topological polar surface area (TPSA) is 61.8 Å². The third-order valence-electron chi connectivity index (χ3n) is 4.61. The normalized spacial score (nSPS) is 11.1. The number of carbonyl (C=O) groups excluding carboxylic acids is 2. The van der Waals surface area contributed by atoms with Gasteiger partial charge in [0.05, 0.1) is 17.7 Å². The van der Waals surface area contributed by atoms with Gasteiger partial charge in [-0.25, -0.2) is 9.59 Å². The molecule has 2 aromatic rings. The standard InChI is InChI=1S/C24H27F3O5/c1-2-3-4-5-6-7-16-30-22(28)19-10-12-20(13-11-19)23(29)31-17-18-8-14-21(15-9-18)32-24(25,26)27/h8-15H,2-7,16-17H2,1H3. The number of rotatable bonds is 12. The molecule has 8 heteroatoms. The minimum absolute atomic E-state index is 0.118. The molecule has 0 unspecified atom stereocenters. The Balaban J connectivity index is 1.75. The summed E-state index contributed by atoms with van der Waals surface area (Å²) in [5, 5.41) is 0. The van der Waals surface area contributed by atoms with Crippen molar-refractivity contribution in [3.8, 4) is 5.75 Å². The summed E-state index contributed by atoms with van der Waals surface area (Å²) >= 11 is 0. The number of halogens is 3. The maximum absolute atomic E-state index is 12.2. The molecule has 0 saturated carbocycles. The van der Waals surface area contributed by atoms with Gasteiger partial charge in [-0.3, -0.25) is 0 Å². The van der Waals surface area contributed by atoms with Crippen LogP contribution in [-0.4, -0.2) is 24.9 Å². The minimum atomic E-state index is -4.76. The largest absolute Gasteiger partial charge is 0.573 e. The second-order valence-corrected chi connectivity index (χ2v) is 7.25. The number of alkyl halides is 3. The minimum Gasteiger partial charge on any atom is -0.462 e. The van der Waals surface area contributed by atoms with Gasteiger partial charge in [0, 0.05) is 0 Å². The highest BCUT2D eigenvalue weighted by molar-refractivity contribution is 5.93. The Morgan fingerprint density at radius 2 is 1.28 bits per heavy atom. The maximum atomic E-state index is 12.2. The van der Waals surface area contributed by atoms with Gasteiger partial charge in [0.15, 0.2) is 0 Å². The van der Waals surface area contributed by atoms with Crippen LogP contribution in [0.3, 0.4) is 0 Å². The number of hydrogen-bond acceptors (Lipinski definition) is 5. The summed E-state index contributed by atoms with van der Waals surface area (Å²) < 4.78 is 50.7. The lowest BCUT2D eigenvalue weighted by atomic mass is 10.1. The first kappa shape index (κ1) is 25.2. The predicted molar refractivity (Wildman–Crippen MR) is 112 cm³/mol. The predicted octanol–water partition coefficient (Wildman–Crippen LogP) is 6.46. The molecule has 0 radical (unpaired) electrons. The van der Waals surface area contributed by atoms with Crippen molar-refractivity contribution in [2.24, 2.45) is 0 Å². The van der Waals surface area contributed by atoms with Crippen LogP contribution >= 0.6 is 0 Å². The zero-order valence-electron chi connectivity index (χ0n) is 18.0. The first-order valence-corrected chi connectivity index (χ1v) is 10.6. The summed E-state index contributed by atoms with van der Waals surface area (Å²) in [7, 11) is 0. The Kier molecular flexibility index (Phi) is 10.0. The molecule has 0 amide bonds. The van der Waals surface area contributed by atoms with Crippen LogP contribution in [0.5, 0.6) is 5.75 Å². The molecular weight excluding hydrogens is 425 g/mol. The van der Waals surface area contributed by atoms with Crippen molar-refractivity contribution in [3.63, 3.8) is 0 Å². The van der Waals surface area contributed by atoms with Crippen LogP contribution in [0.15, 0.2) is 48.5 Å². The van der Waals surface area contributed by atoms with E-state index in [1.807, 2.05) is 0 Å². The molecule has 0 heterocycles. The van der Waals surface area contributed by atoms with Crippen molar-refractivity contribution in [1.29, 1.82) is 0 Å². The molecule has 174 valence electrons. The van der Waals surface area contributed by atoms with Crippen LogP contribution in [0.25, 0.3) is 0 Å². The molecule has 0 aliphatic heterocycles. The monoisotopic (exact) mass is 452 g/mol. The third-order valence-corrected chi connectivity index (χ3v) is 4.61. The van der Waals surface area contributed by atoms with Gasteiger partial charge in [0.2, 0.25) is 0 Å². The Labute approximate surface area is 185 Å². The van der Waals surface area contributed by atoms with Gasteiger partial charge >= 0.3 is 18.3 Å². The van der Waals surface area contributed by atoms with E-state index >= 15 is 0 Å². The Morgan fingerprint density at radius 3 is 1.84 bits per heavy atom. The Bertz CT molecular complexity index is 845. The van der Waals surface area contributed by atoms with E-state index in [0.717, 1.165) is 31.4 Å². The first-order valence-electron chi connectivity index (χ1n) is 10.6.